The molecule has 2 aromatic heterocycles. The first-order valence-corrected chi connectivity index (χ1v) is 6.36. The van der Waals surface area contributed by atoms with Crippen molar-refractivity contribution in [2.75, 3.05) is 5.73 Å². The quantitative estimate of drug-likeness (QED) is 0.762. The van der Waals surface area contributed by atoms with Gasteiger partial charge >= 0.3 is 0 Å². The van der Waals surface area contributed by atoms with E-state index in [4.69, 9.17) is 5.73 Å². The van der Waals surface area contributed by atoms with Crippen molar-refractivity contribution in [3.8, 4) is 11.1 Å². The van der Waals surface area contributed by atoms with Crippen LogP contribution in [-0.2, 0) is 0 Å². The Morgan fingerprint density at radius 1 is 1.00 bits per heavy atom. The fourth-order valence-electron chi connectivity index (χ4n) is 2.13. The summed E-state index contributed by atoms with van der Waals surface area (Å²) in [4.78, 5) is 4.11. The average Bonchev–Trinajstić information content (AvgIpc) is 2.77. The van der Waals surface area contributed by atoms with Crippen molar-refractivity contribution in [2.45, 2.75) is 19.8 Å². The summed E-state index contributed by atoms with van der Waals surface area (Å²) in [6.07, 6.45) is 1.95. The Hall–Kier alpha value is -2.36. The topological polar surface area (TPSA) is 56.2 Å². The molecule has 0 atom stereocenters. The third-order valence-electron chi connectivity index (χ3n) is 3.26. The molecule has 3 rings (SSSR count). The SMILES string of the molecule is CC(C)c1ccc(-c2ccc3nc(N)nn3c2)cc1. The first-order chi connectivity index (χ1) is 9.13. The lowest BCUT2D eigenvalue weighted by atomic mass is 9.99. The second kappa shape index (κ2) is 4.39. The molecule has 4 heteroatoms. The Kier molecular flexibility index (Phi) is 2.71. The van der Waals surface area contributed by atoms with E-state index in [0.717, 1.165) is 11.2 Å². The van der Waals surface area contributed by atoms with Crippen LogP contribution in [0.3, 0.4) is 0 Å². The summed E-state index contributed by atoms with van der Waals surface area (Å²) in [5, 5.41) is 4.13. The number of fused-ring (bicyclic) bond motifs is 1. The zero-order valence-corrected chi connectivity index (χ0v) is 11.0. The number of benzene rings is 1. The highest BCUT2D eigenvalue weighted by atomic mass is 15.3. The van der Waals surface area contributed by atoms with Crippen LogP contribution in [0, 0.1) is 0 Å². The lowest BCUT2D eigenvalue weighted by Gasteiger charge is -2.07. The number of anilines is 1. The molecular weight excluding hydrogens is 236 g/mol. The maximum absolute atomic E-state index is 5.59. The van der Waals surface area contributed by atoms with Gasteiger partial charge in [-0.25, -0.2) is 4.52 Å². The molecule has 0 fully saturated rings. The maximum atomic E-state index is 5.59. The smallest absolute Gasteiger partial charge is 0.240 e. The summed E-state index contributed by atoms with van der Waals surface area (Å²) in [7, 11) is 0. The van der Waals surface area contributed by atoms with Crippen LogP contribution in [0.5, 0.6) is 0 Å². The summed E-state index contributed by atoms with van der Waals surface area (Å²) in [5.74, 6) is 0.846. The second-order valence-electron chi connectivity index (χ2n) is 4.97. The van der Waals surface area contributed by atoms with Crippen molar-refractivity contribution < 1.29 is 0 Å². The van der Waals surface area contributed by atoms with E-state index in [2.05, 4.69) is 48.2 Å². The Balaban J connectivity index is 2.03. The van der Waals surface area contributed by atoms with Gasteiger partial charge in [-0.2, -0.15) is 4.98 Å². The predicted molar refractivity (Wildman–Crippen MR) is 76.9 cm³/mol. The lowest BCUT2D eigenvalue weighted by molar-refractivity contribution is 0.867. The molecule has 0 bridgehead atoms. The standard InChI is InChI=1S/C15H16N4/c1-10(2)11-3-5-12(6-4-11)13-7-8-14-17-15(16)18-19(14)9-13/h3-10H,1-2H3,(H2,16,18). The minimum absolute atomic E-state index is 0.298. The molecule has 96 valence electrons. The minimum atomic E-state index is 0.298. The molecule has 0 saturated heterocycles. The van der Waals surface area contributed by atoms with E-state index < -0.39 is 0 Å². The highest BCUT2D eigenvalue weighted by molar-refractivity contribution is 5.65. The normalized spacial score (nSPS) is 11.3. The van der Waals surface area contributed by atoms with Gasteiger partial charge in [0.1, 0.15) is 0 Å². The van der Waals surface area contributed by atoms with E-state index in [1.807, 2.05) is 18.3 Å². The van der Waals surface area contributed by atoms with E-state index in [0.29, 0.717) is 11.9 Å². The molecule has 0 unspecified atom stereocenters. The van der Waals surface area contributed by atoms with Gasteiger partial charge in [-0.15, -0.1) is 5.10 Å². The summed E-state index contributed by atoms with van der Waals surface area (Å²) >= 11 is 0. The van der Waals surface area contributed by atoms with Crippen LogP contribution in [0.15, 0.2) is 42.6 Å². The summed E-state index contributed by atoms with van der Waals surface area (Å²) < 4.78 is 1.71. The Morgan fingerprint density at radius 2 is 1.68 bits per heavy atom. The number of nitrogen functional groups attached to an aromatic ring is 1. The first-order valence-electron chi connectivity index (χ1n) is 6.36. The van der Waals surface area contributed by atoms with Crippen LogP contribution in [0.4, 0.5) is 5.95 Å². The van der Waals surface area contributed by atoms with Crippen LogP contribution >= 0.6 is 0 Å². The van der Waals surface area contributed by atoms with Crippen molar-refractivity contribution in [1.29, 1.82) is 0 Å². The molecule has 0 aliphatic rings. The fraction of sp³-hybridized carbons (Fsp3) is 0.200. The number of hydrogen-bond acceptors (Lipinski definition) is 3. The first kappa shape index (κ1) is 11.7. The Morgan fingerprint density at radius 3 is 2.37 bits per heavy atom. The van der Waals surface area contributed by atoms with Gasteiger partial charge in [-0.3, -0.25) is 0 Å². The van der Waals surface area contributed by atoms with Crippen molar-refractivity contribution in [2.24, 2.45) is 0 Å². The van der Waals surface area contributed by atoms with Gasteiger partial charge in [0.25, 0.3) is 0 Å². The van der Waals surface area contributed by atoms with E-state index in [1.165, 1.54) is 11.1 Å². The molecule has 3 aromatic rings. The van der Waals surface area contributed by atoms with E-state index in [9.17, 15) is 0 Å². The van der Waals surface area contributed by atoms with Crippen molar-refractivity contribution in [3.05, 3.63) is 48.2 Å². The molecule has 0 spiro atoms. The monoisotopic (exact) mass is 252 g/mol. The number of aromatic nitrogens is 3. The predicted octanol–water partition coefficient (Wildman–Crippen LogP) is 3.10. The van der Waals surface area contributed by atoms with Crippen LogP contribution in [0.2, 0.25) is 0 Å². The highest BCUT2D eigenvalue weighted by Gasteiger charge is 2.04. The number of hydrogen-bond donors (Lipinski definition) is 1. The molecule has 4 nitrogen and oxygen atoms in total. The van der Waals surface area contributed by atoms with Gasteiger partial charge in [-0.1, -0.05) is 38.1 Å². The zero-order valence-electron chi connectivity index (χ0n) is 11.0. The van der Waals surface area contributed by atoms with Gasteiger partial charge in [0, 0.05) is 11.8 Å². The van der Waals surface area contributed by atoms with E-state index >= 15 is 0 Å². The average molecular weight is 252 g/mol. The fourth-order valence-corrected chi connectivity index (χ4v) is 2.13. The summed E-state index contributed by atoms with van der Waals surface area (Å²) in [6, 6.07) is 12.6. The highest BCUT2D eigenvalue weighted by Crippen LogP contribution is 2.23. The molecule has 0 amide bonds. The number of nitrogens with two attached hydrogens (primary N) is 1. The maximum Gasteiger partial charge on any atom is 0.240 e. The largest absolute Gasteiger partial charge is 0.366 e. The van der Waals surface area contributed by atoms with Gasteiger partial charge < -0.3 is 5.73 Å². The minimum Gasteiger partial charge on any atom is -0.366 e. The van der Waals surface area contributed by atoms with Gasteiger partial charge in [0.05, 0.1) is 0 Å². The molecule has 19 heavy (non-hydrogen) atoms. The molecule has 2 N–H and O–H groups in total. The van der Waals surface area contributed by atoms with Crippen molar-refractivity contribution in [1.82, 2.24) is 14.6 Å². The van der Waals surface area contributed by atoms with Crippen molar-refractivity contribution >= 4 is 11.6 Å². The number of nitrogens with zero attached hydrogens (tertiary/aromatic N) is 3. The molecular formula is C15H16N4. The van der Waals surface area contributed by atoms with Crippen LogP contribution in [0.1, 0.15) is 25.3 Å². The van der Waals surface area contributed by atoms with E-state index in [-0.39, 0.29) is 0 Å². The molecule has 2 heterocycles. The molecule has 0 aliphatic carbocycles. The van der Waals surface area contributed by atoms with Crippen LogP contribution in [0.25, 0.3) is 16.8 Å². The van der Waals surface area contributed by atoms with Crippen LogP contribution in [-0.4, -0.2) is 14.6 Å². The van der Waals surface area contributed by atoms with E-state index in [1.54, 1.807) is 4.52 Å². The third-order valence-corrected chi connectivity index (χ3v) is 3.26. The van der Waals surface area contributed by atoms with Crippen LogP contribution < -0.4 is 5.73 Å². The molecule has 0 radical (unpaired) electrons. The Labute approximate surface area is 111 Å². The molecule has 1 aromatic carbocycles. The van der Waals surface area contributed by atoms with Gasteiger partial charge in [0.15, 0.2) is 5.65 Å². The zero-order chi connectivity index (χ0) is 13.4. The summed E-state index contributed by atoms with van der Waals surface area (Å²) in [5.41, 5.74) is 9.97. The van der Waals surface area contributed by atoms with Crippen molar-refractivity contribution in [3.63, 3.8) is 0 Å². The number of rotatable bonds is 2. The van der Waals surface area contributed by atoms with Gasteiger partial charge in [-0.05, 0) is 29.2 Å². The lowest BCUT2D eigenvalue weighted by Crippen LogP contribution is -1.91. The van der Waals surface area contributed by atoms with Gasteiger partial charge in [0.2, 0.25) is 5.95 Å². The third kappa shape index (κ3) is 2.17. The summed E-state index contributed by atoms with van der Waals surface area (Å²) in [6.45, 7) is 4.39. The molecule has 0 saturated carbocycles. The molecule has 0 aliphatic heterocycles. The second-order valence-corrected chi connectivity index (χ2v) is 4.97. The number of pyridine rings is 1. The Bertz CT molecular complexity index is 711.